The lowest BCUT2D eigenvalue weighted by atomic mass is 9.94. The van der Waals surface area contributed by atoms with Gasteiger partial charge in [-0.05, 0) is 45.9 Å². The second-order valence-electron chi connectivity index (χ2n) is 5.57. The van der Waals surface area contributed by atoms with Gasteiger partial charge in [-0.1, -0.05) is 6.07 Å². The average Bonchev–Trinajstić information content (AvgIpc) is 2.35. The monoisotopic (exact) mass is 279 g/mol. The Bertz CT molecular complexity index is 494. The molecule has 0 bridgehead atoms. The predicted molar refractivity (Wildman–Crippen MR) is 76.0 cm³/mol. The third-order valence-electron chi connectivity index (χ3n) is 2.74. The molecule has 0 aromatic heterocycles. The molecule has 0 spiro atoms. The van der Waals surface area contributed by atoms with Crippen molar-refractivity contribution in [3.8, 4) is 5.75 Å². The molecular formula is C15H21NO4. The molecule has 0 aliphatic heterocycles. The number of ether oxygens (including phenoxy) is 1. The van der Waals surface area contributed by atoms with E-state index in [-0.39, 0.29) is 18.6 Å². The maximum Gasteiger partial charge on any atom is 0.310 e. The van der Waals surface area contributed by atoms with E-state index in [9.17, 15) is 9.59 Å². The van der Waals surface area contributed by atoms with Gasteiger partial charge >= 0.3 is 5.97 Å². The van der Waals surface area contributed by atoms with E-state index in [1.165, 1.54) is 0 Å². The van der Waals surface area contributed by atoms with E-state index in [2.05, 4.69) is 5.32 Å². The Kier molecular flexibility index (Phi) is 5.13. The summed E-state index contributed by atoms with van der Waals surface area (Å²) in [7, 11) is 0. The molecule has 0 aliphatic carbocycles. The molecule has 1 rings (SSSR count). The van der Waals surface area contributed by atoms with Gasteiger partial charge in [-0.15, -0.1) is 0 Å². The van der Waals surface area contributed by atoms with Gasteiger partial charge in [0.1, 0.15) is 5.75 Å². The number of aliphatic carboxylic acids is 1. The van der Waals surface area contributed by atoms with Crippen LogP contribution in [0.1, 0.15) is 38.1 Å². The standard InChI is InChI=1S/C15H21NO4/c1-10(2)20-12-7-5-6-11(8-12)13(17)16-9-15(3,4)14(18)19/h5-8,10H,9H2,1-4H3,(H,16,17)(H,18,19). The number of hydrogen-bond acceptors (Lipinski definition) is 3. The first-order chi connectivity index (χ1) is 9.22. The fourth-order valence-electron chi connectivity index (χ4n) is 1.46. The van der Waals surface area contributed by atoms with Crippen LogP contribution >= 0.6 is 0 Å². The molecule has 0 saturated heterocycles. The van der Waals surface area contributed by atoms with Crippen molar-refractivity contribution in [3.05, 3.63) is 29.8 Å². The van der Waals surface area contributed by atoms with Gasteiger partial charge in [-0.2, -0.15) is 0 Å². The average molecular weight is 279 g/mol. The number of benzene rings is 1. The van der Waals surface area contributed by atoms with Gasteiger partial charge in [0.25, 0.3) is 5.91 Å². The summed E-state index contributed by atoms with van der Waals surface area (Å²) in [6, 6.07) is 6.81. The van der Waals surface area contributed by atoms with Crippen molar-refractivity contribution in [1.29, 1.82) is 0 Å². The Morgan fingerprint density at radius 2 is 2.00 bits per heavy atom. The van der Waals surface area contributed by atoms with Crippen molar-refractivity contribution < 1.29 is 19.4 Å². The Morgan fingerprint density at radius 3 is 2.55 bits per heavy atom. The van der Waals surface area contributed by atoms with Crippen molar-refractivity contribution in [2.75, 3.05) is 6.54 Å². The van der Waals surface area contributed by atoms with E-state index >= 15 is 0 Å². The van der Waals surface area contributed by atoms with E-state index in [4.69, 9.17) is 9.84 Å². The number of amides is 1. The largest absolute Gasteiger partial charge is 0.491 e. The van der Waals surface area contributed by atoms with Crippen LogP contribution in [-0.2, 0) is 4.79 Å². The van der Waals surface area contributed by atoms with Gasteiger partial charge in [-0.25, -0.2) is 0 Å². The maximum absolute atomic E-state index is 12.0. The maximum atomic E-state index is 12.0. The molecule has 1 aromatic rings. The van der Waals surface area contributed by atoms with Crippen molar-refractivity contribution >= 4 is 11.9 Å². The number of carboxylic acid groups (broad SMARTS) is 1. The fraction of sp³-hybridized carbons (Fsp3) is 0.467. The van der Waals surface area contributed by atoms with Crippen LogP contribution in [0.2, 0.25) is 0 Å². The van der Waals surface area contributed by atoms with Crippen molar-refractivity contribution in [1.82, 2.24) is 5.32 Å². The van der Waals surface area contributed by atoms with Crippen LogP contribution in [0.15, 0.2) is 24.3 Å². The molecule has 20 heavy (non-hydrogen) atoms. The number of nitrogens with one attached hydrogen (secondary N) is 1. The molecule has 1 aromatic carbocycles. The van der Waals surface area contributed by atoms with Crippen LogP contribution in [-0.4, -0.2) is 29.6 Å². The predicted octanol–water partition coefficient (Wildman–Crippen LogP) is 2.31. The number of carboxylic acids is 1. The summed E-state index contributed by atoms with van der Waals surface area (Å²) in [5.41, 5.74) is -0.550. The van der Waals surface area contributed by atoms with E-state index in [0.29, 0.717) is 11.3 Å². The number of hydrogen-bond donors (Lipinski definition) is 2. The first-order valence-electron chi connectivity index (χ1n) is 6.50. The molecule has 5 nitrogen and oxygen atoms in total. The summed E-state index contributed by atoms with van der Waals surface area (Å²) in [5, 5.41) is 11.6. The van der Waals surface area contributed by atoms with Crippen molar-refractivity contribution in [2.45, 2.75) is 33.8 Å². The summed E-state index contributed by atoms with van der Waals surface area (Å²) < 4.78 is 5.51. The lowest BCUT2D eigenvalue weighted by molar-refractivity contribution is -0.146. The first-order valence-corrected chi connectivity index (χ1v) is 6.50. The van der Waals surface area contributed by atoms with E-state index < -0.39 is 11.4 Å². The molecule has 2 N–H and O–H groups in total. The highest BCUT2D eigenvalue weighted by atomic mass is 16.5. The zero-order valence-electron chi connectivity index (χ0n) is 12.3. The topological polar surface area (TPSA) is 75.6 Å². The number of carbonyl (C=O) groups is 2. The van der Waals surface area contributed by atoms with Gasteiger partial charge in [0.05, 0.1) is 11.5 Å². The van der Waals surface area contributed by atoms with Crippen LogP contribution in [0.4, 0.5) is 0 Å². The molecule has 5 heteroatoms. The minimum absolute atomic E-state index is 0.0271. The second-order valence-corrected chi connectivity index (χ2v) is 5.57. The van der Waals surface area contributed by atoms with E-state index in [1.54, 1.807) is 38.1 Å². The fourth-order valence-corrected chi connectivity index (χ4v) is 1.46. The summed E-state index contributed by atoms with van der Waals surface area (Å²) in [6.45, 7) is 7.00. The molecule has 0 heterocycles. The molecule has 0 unspecified atom stereocenters. The molecule has 0 radical (unpaired) electrons. The molecule has 0 atom stereocenters. The van der Waals surface area contributed by atoms with E-state index in [0.717, 1.165) is 0 Å². The van der Waals surface area contributed by atoms with Gasteiger partial charge in [0.15, 0.2) is 0 Å². The van der Waals surface area contributed by atoms with Crippen molar-refractivity contribution in [2.24, 2.45) is 5.41 Å². The van der Waals surface area contributed by atoms with Crippen LogP contribution < -0.4 is 10.1 Å². The molecule has 0 fully saturated rings. The summed E-state index contributed by atoms with van der Waals surface area (Å²) >= 11 is 0. The Morgan fingerprint density at radius 1 is 1.35 bits per heavy atom. The molecule has 0 saturated carbocycles. The van der Waals surface area contributed by atoms with Gasteiger partial charge < -0.3 is 15.2 Å². The van der Waals surface area contributed by atoms with E-state index in [1.807, 2.05) is 13.8 Å². The lowest BCUT2D eigenvalue weighted by Gasteiger charge is -2.19. The Balaban J connectivity index is 2.71. The van der Waals surface area contributed by atoms with Crippen LogP contribution in [0.3, 0.4) is 0 Å². The lowest BCUT2D eigenvalue weighted by Crippen LogP contribution is -2.38. The quantitative estimate of drug-likeness (QED) is 0.838. The Labute approximate surface area is 118 Å². The highest BCUT2D eigenvalue weighted by molar-refractivity contribution is 5.94. The smallest absolute Gasteiger partial charge is 0.310 e. The minimum Gasteiger partial charge on any atom is -0.491 e. The first kappa shape index (κ1) is 16.0. The number of rotatable bonds is 6. The molecule has 1 amide bonds. The van der Waals surface area contributed by atoms with Crippen molar-refractivity contribution in [3.63, 3.8) is 0 Å². The highest BCUT2D eigenvalue weighted by Gasteiger charge is 2.27. The molecule has 0 aliphatic rings. The second kappa shape index (κ2) is 6.41. The highest BCUT2D eigenvalue weighted by Crippen LogP contribution is 2.16. The third-order valence-corrected chi connectivity index (χ3v) is 2.74. The minimum atomic E-state index is -0.998. The van der Waals surface area contributed by atoms with Gasteiger partial charge in [-0.3, -0.25) is 9.59 Å². The zero-order chi connectivity index (χ0) is 15.3. The summed E-state index contributed by atoms with van der Waals surface area (Å²) in [5.74, 6) is -0.645. The molecule has 110 valence electrons. The van der Waals surface area contributed by atoms with Crippen LogP contribution in [0, 0.1) is 5.41 Å². The van der Waals surface area contributed by atoms with Gasteiger partial charge in [0.2, 0.25) is 0 Å². The normalized spacial score (nSPS) is 11.2. The third kappa shape index (κ3) is 4.57. The SMILES string of the molecule is CC(C)Oc1cccc(C(=O)NCC(C)(C)C(=O)O)c1. The Hall–Kier alpha value is -2.04. The summed E-state index contributed by atoms with van der Waals surface area (Å²) in [4.78, 5) is 23.0. The number of carbonyl (C=O) groups excluding carboxylic acids is 1. The zero-order valence-corrected chi connectivity index (χ0v) is 12.3. The summed E-state index contributed by atoms with van der Waals surface area (Å²) in [6.07, 6.45) is 0.0271. The van der Waals surface area contributed by atoms with Crippen LogP contribution in [0.5, 0.6) is 5.75 Å². The molecular weight excluding hydrogens is 258 g/mol. The van der Waals surface area contributed by atoms with Gasteiger partial charge in [0, 0.05) is 12.1 Å². The van der Waals surface area contributed by atoms with Crippen LogP contribution in [0.25, 0.3) is 0 Å².